The predicted octanol–water partition coefficient (Wildman–Crippen LogP) is 4.37. The Hall–Kier alpha value is -2.42. The second-order valence-corrected chi connectivity index (χ2v) is 10.6. The number of halogens is 2. The lowest BCUT2D eigenvalue weighted by molar-refractivity contribution is -0.0204. The highest BCUT2D eigenvalue weighted by molar-refractivity contribution is 5.94. The van der Waals surface area contributed by atoms with Crippen molar-refractivity contribution in [1.29, 1.82) is 0 Å². The number of β-amino-alcohol motifs (C(OH)–C–C–N with tert-alkyl or cyclic N) is 1. The van der Waals surface area contributed by atoms with Crippen LogP contribution < -0.4 is 4.74 Å². The molecule has 0 bridgehead atoms. The van der Waals surface area contributed by atoms with E-state index in [9.17, 15) is 23.5 Å². The van der Waals surface area contributed by atoms with Gasteiger partial charge in [0.25, 0.3) is 5.91 Å². The lowest BCUT2D eigenvalue weighted by Crippen LogP contribution is -2.49. The van der Waals surface area contributed by atoms with Gasteiger partial charge in [-0.25, -0.2) is 13.6 Å². The van der Waals surface area contributed by atoms with E-state index in [2.05, 4.69) is 0 Å². The molecule has 1 aromatic rings. The van der Waals surface area contributed by atoms with E-state index in [-0.39, 0.29) is 36.7 Å². The number of hydrogen-bond acceptors (Lipinski definition) is 5. The summed E-state index contributed by atoms with van der Waals surface area (Å²) in [6, 6.07) is 1.82. The number of piperidine rings is 1. The van der Waals surface area contributed by atoms with Gasteiger partial charge in [0, 0.05) is 32.2 Å². The van der Waals surface area contributed by atoms with Crippen LogP contribution in [0.5, 0.6) is 5.75 Å². The van der Waals surface area contributed by atoms with E-state index in [1.165, 1.54) is 4.90 Å². The van der Waals surface area contributed by atoms with Crippen molar-refractivity contribution in [2.24, 2.45) is 11.3 Å². The molecule has 2 amide bonds. The molecule has 2 aliphatic heterocycles. The first-order chi connectivity index (χ1) is 16.7. The number of carbonyl (C=O) groups excluding carboxylic acids is 2. The Bertz CT molecular complexity index is 925. The number of nitrogens with zero attached hydrogens (tertiary/aromatic N) is 2. The van der Waals surface area contributed by atoms with Crippen molar-refractivity contribution >= 4 is 12.0 Å². The van der Waals surface area contributed by atoms with Crippen LogP contribution in [0.2, 0.25) is 0 Å². The van der Waals surface area contributed by atoms with E-state index >= 15 is 0 Å². The maximum absolute atomic E-state index is 14.5. The average molecular weight is 495 g/mol. The number of ether oxygens (including phenoxy) is 2. The van der Waals surface area contributed by atoms with Crippen LogP contribution in [-0.2, 0) is 4.74 Å². The Morgan fingerprint density at radius 2 is 1.83 bits per heavy atom. The van der Waals surface area contributed by atoms with Gasteiger partial charge in [-0.15, -0.1) is 0 Å². The van der Waals surface area contributed by atoms with Crippen molar-refractivity contribution in [3.05, 3.63) is 29.3 Å². The summed E-state index contributed by atoms with van der Waals surface area (Å²) in [7, 11) is 0. The molecule has 2 saturated heterocycles. The van der Waals surface area contributed by atoms with Crippen LogP contribution in [-0.4, -0.2) is 71.9 Å². The lowest BCUT2D eigenvalue weighted by Gasteiger charge is -2.52. The van der Waals surface area contributed by atoms with E-state index in [4.69, 9.17) is 9.47 Å². The summed E-state index contributed by atoms with van der Waals surface area (Å²) in [5.41, 5.74) is -0.0180. The van der Waals surface area contributed by atoms with Crippen LogP contribution in [0.4, 0.5) is 13.6 Å². The molecule has 1 N–H and O–H groups in total. The Morgan fingerprint density at radius 3 is 2.46 bits per heavy atom. The van der Waals surface area contributed by atoms with Gasteiger partial charge in [-0.05, 0) is 76.2 Å². The minimum atomic E-state index is -0.822. The third-order valence-corrected chi connectivity index (χ3v) is 7.58. The Morgan fingerprint density at radius 1 is 1.11 bits per heavy atom. The van der Waals surface area contributed by atoms with Gasteiger partial charge in [0.05, 0.1) is 24.4 Å². The van der Waals surface area contributed by atoms with Crippen molar-refractivity contribution in [1.82, 2.24) is 9.80 Å². The summed E-state index contributed by atoms with van der Waals surface area (Å²) in [6.45, 7) is 5.92. The number of aliphatic hydroxyl groups excluding tert-OH is 1. The number of aliphatic hydroxyl groups is 1. The number of likely N-dealkylation sites (tertiary alicyclic amines) is 2. The van der Waals surface area contributed by atoms with Gasteiger partial charge in [-0.1, -0.05) is 0 Å². The molecule has 2 heterocycles. The highest BCUT2D eigenvalue weighted by Gasteiger charge is 2.46. The summed E-state index contributed by atoms with van der Waals surface area (Å²) < 4.78 is 39.7. The zero-order valence-corrected chi connectivity index (χ0v) is 20.6. The number of hydrogen-bond donors (Lipinski definition) is 1. The van der Waals surface area contributed by atoms with Crippen LogP contribution in [0.25, 0.3) is 0 Å². The monoisotopic (exact) mass is 494 g/mol. The van der Waals surface area contributed by atoms with Crippen molar-refractivity contribution in [3.63, 3.8) is 0 Å². The van der Waals surface area contributed by atoms with Gasteiger partial charge in [-0.2, -0.15) is 0 Å². The molecule has 4 rings (SSSR count). The zero-order valence-electron chi connectivity index (χ0n) is 20.6. The minimum Gasteiger partial charge on any atom is -0.490 e. The largest absolute Gasteiger partial charge is 0.490 e. The molecule has 1 atom stereocenters. The smallest absolute Gasteiger partial charge is 0.410 e. The number of amides is 2. The molecule has 1 spiro atoms. The lowest BCUT2D eigenvalue weighted by atomic mass is 9.56. The van der Waals surface area contributed by atoms with Crippen LogP contribution >= 0.6 is 0 Å². The van der Waals surface area contributed by atoms with Gasteiger partial charge < -0.3 is 24.4 Å². The van der Waals surface area contributed by atoms with E-state index in [1.54, 1.807) is 4.90 Å². The van der Waals surface area contributed by atoms with Gasteiger partial charge in [0.15, 0.2) is 11.6 Å². The first-order valence-electron chi connectivity index (χ1n) is 12.7. The average Bonchev–Trinajstić information content (AvgIpc) is 3.23. The molecule has 7 nitrogen and oxygen atoms in total. The SMILES string of the molecule is CC(C)OC(=O)N1CCC2(CC1)CC(CCCOc1cc(F)c(C(=O)N3CC[C@@H](O)C3)cc1F)C2. The molecule has 194 valence electrons. The molecule has 3 aliphatic rings. The molecular weight excluding hydrogens is 458 g/mol. The predicted molar refractivity (Wildman–Crippen MR) is 125 cm³/mol. The van der Waals surface area contributed by atoms with Crippen molar-refractivity contribution in [3.8, 4) is 5.75 Å². The molecular formula is C26H36F2N2O5. The second-order valence-electron chi connectivity index (χ2n) is 10.6. The fourth-order valence-corrected chi connectivity index (χ4v) is 5.67. The molecule has 0 unspecified atom stereocenters. The first kappa shape index (κ1) is 25.7. The molecule has 9 heteroatoms. The van der Waals surface area contributed by atoms with Gasteiger partial charge in [-0.3, -0.25) is 4.79 Å². The Balaban J connectivity index is 1.17. The topological polar surface area (TPSA) is 79.3 Å². The molecule has 1 saturated carbocycles. The normalized spacial score (nSPS) is 21.9. The molecule has 35 heavy (non-hydrogen) atoms. The van der Waals surface area contributed by atoms with Crippen molar-refractivity contribution in [2.45, 2.75) is 71.0 Å². The van der Waals surface area contributed by atoms with Crippen LogP contribution in [0.3, 0.4) is 0 Å². The zero-order chi connectivity index (χ0) is 25.2. The quantitative estimate of drug-likeness (QED) is 0.570. The standard InChI is InChI=1S/C26H36F2N2O5/c1-17(2)35-25(33)29-9-6-26(7-10-29)14-18(15-26)4-3-11-34-23-13-21(27)20(12-22(23)28)24(32)30-8-5-19(31)16-30/h12-13,17-19,31H,3-11,14-16H2,1-2H3/t19-/m1/s1. The second kappa shape index (κ2) is 10.7. The molecule has 0 aromatic heterocycles. The summed E-state index contributed by atoms with van der Waals surface area (Å²) in [5.74, 6) is -1.81. The minimum absolute atomic E-state index is 0.107. The number of rotatable bonds is 7. The van der Waals surface area contributed by atoms with E-state index in [0.717, 1.165) is 63.7 Å². The van der Waals surface area contributed by atoms with Gasteiger partial charge in [0.1, 0.15) is 5.82 Å². The number of carbonyl (C=O) groups is 2. The van der Waals surface area contributed by atoms with E-state index in [0.29, 0.717) is 24.3 Å². The highest BCUT2D eigenvalue weighted by Crippen LogP contribution is 2.54. The van der Waals surface area contributed by atoms with Gasteiger partial charge in [0.2, 0.25) is 0 Å². The molecule has 1 aliphatic carbocycles. The number of benzene rings is 1. The summed E-state index contributed by atoms with van der Waals surface area (Å²) >= 11 is 0. The Labute approximate surface area is 205 Å². The Kier molecular flexibility index (Phi) is 7.83. The maximum Gasteiger partial charge on any atom is 0.410 e. The van der Waals surface area contributed by atoms with E-state index in [1.807, 2.05) is 13.8 Å². The molecule has 0 radical (unpaired) electrons. The summed E-state index contributed by atoms with van der Waals surface area (Å²) in [4.78, 5) is 27.6. The van der Waals surface area contributed by atoms with Crippen LogP contribution in [0.15, 0.2) is 12.1 Å². The molecule has 3 fully saturated rings. The van der Waals surface area contributed by atoms with Crippen molar-refractivity contribution < 1.29 is 33.0 Å². The summed E-state index contributed by atoms with van der Waals surface area (Å²) in [6.07, 6.45) is 5.43. The highest BCUT2D eigenvalue weighted by atomic mass is 19.1. The fraction of sp³-hybridized carbons (Fsp3) is 0.692. The van der Waals surface area contributed by atoms with Crippen molar-refractivity contribution in [2.75, 3.05) is 32.8 Å². The molecule has 1 aromatic carbocycles. The van der Waals surface area contributed by atoms with Crippen LogP contribution in [0.1, 0.15) is 69.2 Å². The first-order valence-corrected chi connectivity index (χ1v) is 12.7. The third-order valence-electron chi connectivity index (χ3n) is 7.58. The summed E-state index contributed by atoms with van der Waals surface area (Å²) in [5, 5.41) is 9.57. The van der Waals surface area contributed by atoms with E-state index < -0.39 is 23.6 Å². The third kappa shape index (κ3) is 6.05. The van der Waals surface area contributed by atoms with Crippen LogP contribution in [0, 0.1) is 23.0 Å². The fourth-order valence-electron chi connectivity index (χ4n) is 5.67. The van der Waals surface area contributed by atoms with Gasteiger partial charge >= 0.3 is 6.09 Å². The maximum atomic E-state index is 14.5.